The molecule has 1 aromatic rings. The maximum absolute atomic E-state index is 12.5. The molecule has 7 heteroatoms. The Balaban J connectivity index is 3.05. The minimum Gasteiger partial charge on any atom is -0.383 e. The number of sulfonamides is 1. The second kappa shape index (κ2) is 6.95. The predicted octanol–water partition coefficient (Wildman–Crippen LogP) is 0.586. The third-order valence-corrected chi connectivity index (χ3v) is 4.82. The first-order valence-corrected chi connectivity index (χ1v) is 7.57. The Morgan fingerprint density at radius 2 is 2.16 bits per heavy atom. The molecule has 1 unspecified atom stereocenters. The van der Waals surface area contributed by atoms with Crippen LogP contribution in [0.4, 0.5) is 0 Å². The molecule has 0 amide bonds. The van der Waals surface area contributed by atoms with E-state index in [1.54, 1.807) is 27.0 Å². The monoisotopic (exact) mass is 287 g/mol. The lowest BCUT2D eigenvalue weighted by molar-refractivity contribution is 0.142. The van der Waals surface area contributed by atoms with Gasteiger partial charge in [0.25, 0.3) is 10.0 Å². The van der Waals surface area contributed by atoms with Crippen molar-refractivity contribution in [2.45, 2.75) is 31.5 Å². The first kappa shape index (κ1) is 16.0. The molecule has 0 aromatic carbocycles. The summed E-state index contributed by atoms with van der Waals surface area (Å²) in [6.45, 7) is 4.64. The van der Waals surface area contributed by atoms with Crippen molar-refractivity contribution in [2.75, 3.05) is 20.3 Å². The van der Waals surface area contributed by atoms with Crippen LogP contribution in [0.15, 0.2) is 23.4 Å². The zero-order valence-electron chi connectivity index (χ0n) is 11.5. The number of methoxy groups -OCH3 is 1. The Bertz CT molecular complexity index is 487. The maximum atomic E-state index is 12.5. The highest BCUT2D eigenvalue weighted by atomic mass is 32.2. The number of aromatic nitrogens is 1. The number of nitrogens with zero attached hydrogens (tertiary/aromatic N) is 2. The van der Waals surface area contributed by atoms with E-state index in [0.29, 0.717) is 19.7 Å². The van der Waals surface area contributed by atoms with E-state index in [-0.39, 0.29) is 11.1 Å². The van der Waals surface area contributed by atoms with Crippen LogP contribution in [0, 0.1) is 0 Å². The summed E-state index contributed by atoms with van der Waals surface area (Å²) in [6.07, 6.45) is 1.49. The van der Waals surface area contributed by atoms with Gasteiger partial charge in [0, 0.05) is 32.4 Å². The van der Waals surface area contributed by atoms with Crippen LogP contribution in [0.2, 0.25) is 0 Å². The Labute approximate surface area is 114 Å². The third kappa shape index (κ3) is 3.73. The molecular weight excluding hydrogens is 266 g/mol. The highest BCUT2D eigenvalue weighted by Gasteiger charge is 2.28. The van der Waals surface area contributed by atoms with Crippen molar-refractivity contribution >= 4 is 10.0 Å². The molecular formula is C12H21N3O3S. The quantitative estimate of drug-likeness (QED) is 0.793. The first-order chi connectivity index (χ1) is 8.97. The fourth-order valence-electron chi connectivity index (χ4n) is 1.85. The van der Waals surface area contributed by atoms with Gasteiger partial charge in [0.15, 0.2) is 5.03 Å². The van der Waals surface area contributed by atoms with E-state index in [2.05, 4.69) is 4.98 Å². The average Bonchev–Trinajstić information content (AvgIpc) is 2.39. The molecule has 0 saturated heterocycles. The van der Waals surface area contributed by atoms with Gasteiger partial charge in [0.05, 0.1) is 6.61 Å². The number of hydrogen-bond donors (Lipinski definition) is 1. The number of ether oxygens (including phenoxy) is 1. The average molecular weight is 287 g/mol. The predicted molar refractivity (Wildman–Crippen MR) is 73.0 cm³/mol. The van der Waals surface area contributed by atoms with Crippen LogP contribution in [0.25, 0.3) is 0 Å². The number of hydrogen-bond acceptors (Lipinski definition) is 5. The van der Waals surface area contributed by atoms with Crippen LogP contribution < -0.4 is 5.73 Å². The van der Waals surface area contributed by atoms with Crippen molar-refractivity contribution < 1.29 is 13.2 Å². The molecule has 0 aliphatic rings. The highest BCUT2D eigenvalue weighted by Crippen LogP contribution is 2.16. The minimum absolute atomic E-state index is 0.0366. The van der Waals surface area contributed by atoms with Gasteiger partial charge in [-0.15, -0.1) is 0 Å². The summed E-state index contributed by atoms with van der Waals surface area (Å²) in [5, 5.41) is 0.0366. The van der Waals surface area contributed by atoms with Gasteiger partial charge in [-0.05, 0) is 18.6 Å². The Kier molecular flexibility index (Phi) is 5.86. The van der Waals surface area contributed by atoms with Crippen molar-refractivity contribution in [2.24, 2.45) is 5.73 Å². The smallest absolute Gasteiger partial charge is 0.260 e. The van der Waals surface area contributed by atoms with E-state index in [9.17, 15) is 8.42 Å². The van der Waals surface area contributed by atoms with E-state index in [4.69, 9.17) is 10.5 Å². The van der Waals surface area contributed by atoms with Crippen molar-refractivity contribution in [1.29, 1.82) is 0 Å². The first-order valence-electron chi connectivity index (χ1n) is 6.13. The van der Waals surface area contributed by atoms with Crippen LogP contribution in [0.1, 0.15) is 19.4 Å². The van der Waals surface area contributed by atoms with Crippen molar-refractivity contribution in [1.82, 2.24) is 9.29 Å². The summed E-state index contributed by atoms with van der Waals surface area (Å²) in [7, 11) is -2.05. The Morgan fingerprint density at radius 3 is 2.58 bits per heavy atom. The van der Waals surface area contributed by atoms with Gasteiger partial charge in [-0.25, -0.2) is 13.4 Å². The molecule has 0 bridgehead atoms. The highest BCUT2D eigenvalue weighted by molar-refractivity contribution is 7.89. The zero-order chi connectivity index (χ0) is 14.5. The van der Waals surface area contributed by atoms with Crippen LogP contribution in [0.3, 0.4) is 0 Å². The Morgan fingerprint density at radius 1 is 1.47 bits per heavy atom. The molecule has 0 radical (unpaired) electrons. The number of pyridine rings is 1. The van der Waals surface area contributed by atoms with Crippen molar-refractivity contribution in [3.05, 3.63) is 23.9 Å². The van der Waals surface area contributed by atoms with Gasteiger partial charge in [-0.2, -0.15) is 4.31 Å². The summed E-state index contributed by atoms with van der Waals surface area (Å²) in [5.74, 6) is 0. The summed E-state index contributed by atoms with van der Waals surface area (Å²) in [6, 6.07) is 2.92. The topological polar surface area (TPSA) is 85.5 Å². The van der Waals surface area contributed by atoms with E-state index in [0.717, 1.165) is 5.56 Å². The molecule has 108 valence electrons. The molecule has 0 aliphatic heterocycles. The molecule has 1 aromatic heterocycles. The van der Waals surface area contributed by atoms with Crippen LogP contribution in [-0.4, -0.2) is 44.0 Å². The number of nitrogens with two attached hydrogens (primary N) is 1. The standard InChI is InChI=1S/C12H21N3O3S/c1-4-15(10(2)9-18-3)19(16,17)12-6-5-11(7-13)8-14-12/h5-6,8,10H,4,7,9,13H2,1-3H3. The van der Waals surface area contributed by atoms with Crippen molar-refractivity contribution in [3.63, 3.8) is 0 Å². The summed E-state index contributed by atoms with van der Waals surface area (Å²) in [5.41, 5.74) is 6.26. The maximum Gasteiger partial charge on any atom is 0.260 e. The molecule has 1 heterocycles. The third-order valence-electron chi connectivity index (χ3n) is 2.82. The lowest BCUT2D eigenvalue weighted by atomic mass is 10.3. The molecule has 2 N–H and O–H groups in total. The van der Waals surface area contributed by atoms with E-state index < -0.39 is 10.0 Å². The summed E-state index contributed by atoms with van der Waals surface area (Å²) in [4.78, 5) is 3.98. The molecule has 6 nitrogen and oxygen atoms in total. The van der Waals surface area contributed by atoms with Gasteiger partial charge in [-0.1, -0.05) is 13.0 Å². The molecule has 1 rings (SSSR count). The molecule has 1 atom stereocenters. The number of likely N-dealkylation sites (N-methyl/N-ethyl adjacent to an activating group) is 1. The van der Waals surface area contributed by atoms with E-state index in [1.165, 1.54) is 16.6 Å². The van der Waals surface area contributed by atoms with Gasteiger partial charge in [0.2, 0.25) is 0 Å². The normalized spacial score (nSPS) is 13.7. The van der Waals surface area contributed by atoms with E-state index in [1.807, 2.05) is 0 Å². The molecule has 0 spiro atoms. The number of rotatable bonds is 7. The van der Waals surface area contributed by atoms with Gasteiger partial charge in [-0.3, -0.25) is 0 Å². The summed E-state index contributed by atoms with van der Waals surface area (Å²) >= 11 is 0. The largest absolute Gasteiger partial charge is 0.383 e. The fourth-order valence-corrected chi connectivity index (χ4v) is 3.39. The van der Waals surface area contributed by atoms with E-state index >= 15 is 0 Å². The minimum atomic E-state index is -3.60. The second-order valence-corrected chi connectivity index (χ2v) is 6.06. The van der Waals surface area contributed by atoms with Gasteiger partial charge >= 0.3 is 0 Å². The lowest BCUT2D eigenvalue weighted by Crippen LogP contribution is -2.41. The molecule has 0 saturated carbocycles. The zero-order valence-corrected chi connectivity index (χ0v) is 12.4. The molecule has 0 aliphatic carbocycles. The van der Waals surface area contributed by atoms with Crippen molar-refractivity contribution in [3.8, 4) is 0 Å². The summed E-state index contributed by atoms with van der Waals surface area (Å²) < 4.78 is 31.3. The fraction of sp³-hybridized carbons (Fsp3) is 0.583. The van der Waals surface area contributed by atoms with Gasteiger partial charge in [0.1, 0.15) is 0 Å². The molecule has 19 heavy (non-hydrogen) atoms. The van der Waals surface area contributed by atoms with Crippen LogP contribution in [0.5, 0.6) is 0 Å². The lowest BCUT2D eigenvalue weighted by Gasteiger charge is -2.26. The van der Waals surface area contributed by atoms with Gasteiger partial charge < -0.3 is 10.5 Å². The Hall–Kier alpha value is -1.02. The van der Waals surface area contributed by atoms with Crippen LogP contribution >= 0.6 is 0 Å². The SMILES string of the molecule is CCN(C(C)COC)S(=O)(=O)c1ccc(CN)cn1. The van der Waals surface area contributed by atoms with Crippen LogP contribution in [-0.2, 0) is 21.3 Å². The second-order valence-electron chi connectivity index (χ2n) is 4.22. The molecule has 0 fully saturated rings.